The van der Waals surface area contributed by atoms with Crippen molar-refractivity contribution in [2.24, 2.45) is 7.05 Å². The molecule has 1 unspecified atom stereocenters. The lowest BCUT2D eigenvalue weighted by Gasteiger charge is -2.32. The molecule has 1 fully saturated rings. The fraction of sp³-hybridized carbons (Fsp3) is 0.519. The molecule has 0 amide bonds. The number of aromatic nitrogens is 4. The summed E-state index contributed by atoms with van der Waals surface area (Å²) in [5.41, 5.74) is 4.99. The quantitative estimate of drug-likeness (QED) is 0.404. The maximum atomic E-state index is 12.9. The number of nitrogens with zero attached hydrogens (tertiary/aromatic N) is 5. The Balaban J connectivity index is 1.47. The number of piperidine rings is 1. The van der Waals surface area contributed by atoms with Gasteiger partial charge in [-0.1, -0.05) is 11.6 Å². The number of anilines is 4. The predicted molar refractivity (Wildman–Crippen MR) is 154 cm³/mol. The molecule has 2 N–H and O–H groups in total. The zero-order valence-corrected chi connectivity index (χ0v) is 24.8. The summed E-state index contributed by atoms with van der Waals surface area (Å²) in [6, 6.07) is 2.11. The molecule has 1 aromatic carbocycles. The summed E-state index contributed by atoms with van der Waals surface area (Å²) in [5, 5.41) is 10.1. The average molecular weight is 574 g/mol. The average Bonchev–Trinajstić information content (AvgIpc) is 3.43. The minimum Gasteiger partial charge on any atom is -0.488 e. The third-order valence-electron chi connectivity index (χ3n) is 7.40. The number of fused-ring (bicyclic) bond motifs is 1. The molecular weight excluding hydrogens is 538 g/mol. The summed E-state index contributed by atoms with van der Waals surface area (Å²) in [5.74, 6) is 1.92. The van der Waals surface area contributed by atoms with Crippen LogP contribution in [0.2, 0.25) is 5.02 Å². The number of likely N-dealkylation sites (tertiary alicyclic amines) is 1. The van der Waals surface area contributed by atoms with Crippen LogP contribution in [0.5, 0.6) is 5.75 Å². The lowest BCUT2D eigenvalue weighted by Crippen LogP contribution is -2.31. The van der Waals surface area contributed by atoms with Gasteiger partial charge in [-0.15, -0.1) is 0 Å². The molecule has 2 aliphatic rings. The van der Waals surface area contributed by atoms with Crippen LogP contribution in [-0.4, -0.2) is 64.6 Å². The molecule has 0 saturated carbocycles. The van der Waals surface area contributed by atoms with E-state index in [-0.39, 0.29) is 22.0 Å². The van der Waals surface area contributed by atoms with E-state index in [4.69, 9.17) is 16.3 Å². The molecule has 12 heteroatoms. The van der Waals surface area contributed by atoms with Crippen LogP contribution in [0.25, 0.3) is 0 Å². The Bertz CT molecular complexity index is 1510. The van der Waals surface area contributed by atoms with Gasteiger partial charge in [-0.3, -0.25) is 4.68 Å². The van der Waals surface area contributed by atoms with Gasteiger partial charge in [0.25, 0.3) is 0 Å². The summed E-state index contributed by atoms with van der Waals surface area (Å²) < 4.78 is 33.5. The molecule has 2 aromatic heterocycles. The Labute approximate surface area is 235 Å². The zero-order chi connectivity index (χ0) is 28.1. The number of hydrogen-bond acceptors (Lipinski definition) is 9. The molecule has 0 radical (unpaired) electrons. The van der Waals surface area contributed by atoms with E-state index in [9.17, 15) is 8.42 Å². The number of sulfone groups is 1. The molecule has 3 aromatic rings. The van der Waals surface area contributed by atoms with Gasteiger partial charge in [0.2, 0.25) is 20.8 Å². The topological polar surface area (TPSA) is 114 Å². The lowest BCUT2D eigenvalue weighted by atomic mass is 9.83. The molecule has 0 aliphatic carbocycles. The fourth-order valence-corrected chi connectivity index (χ4v) is 6.80. The van der Waals surface area contributed by atoms with Crippen LogP contribution in [-0.2, 0) is 23.3 Å². The summed E-state index contributed by atoms with van der Waals surface area (Å²) in [4.78, 5) is 11.4. The normalized spacial score (nSPS) is 19.7. The van der Waals surface area contributed by atoms with Crippen LogP contribution in [0.4, 0.5) is 23.1 Å². The minimum absolute atomic E-state index is 0.0519. The Kier molecular flexibility index (Phi) is 7.51. The smallest absolute Gasteiger partial charge is 0.229 e. The van der Waals surface area contributed by atoms with Gasteiger partial charge in [0.1, 0.15) is 16.9 Å². The van der Waals surface area contributed by atoms with E-state index < -0.39 is 15.1 Å². The molecule has 4 heterocycles. The van der Waals surface area contributed by atoms with E-state index in [1.807, 2.05) is 0 Å². The van der Waals surface area contributed by atoms with Crippen molar-refractivity contribution in [1.29, 1.82) is 0 Å². The molecule has 1 saturated heterocycles. The standard InChI is InChI=1S/C27H36ClN7O3S/c1-15(2)39(36,37)26-22(14-35(6)33-26)30-25-20(28)12-29-27(32-25)31-21-10-16(3)23(18-8-7-9-34(5)13-18)19-11-17(4)38-24(19)21/h10,12,14-15,17-18H,7-9,11,13H2,1-6H3,(H2,29,30,31,32)/t17-,18?/m1/s1. The van der Waals surface area contributed by atoms with Gasteiger partial charge in [-0.25, -0.2) is 13.4 Å². The molecule has 5 rings (SSSR count). The van der Waals surface area contributed by atoms with Crippen LogP contribution in [0.15, 0.2) is 23.5 Å². The van der Waals surface area contributed by atoms with Crippen molar-refractivity contribution < 1.29 is 13.2 Å². The van der Waals surface area contributed by atoms with Crippen molar-refractivity contribution in [3.05, 3.63) is 40.2 Å². The first-order chi connectivity index (χ1) is 18.4. The molecule has 0 spiro atoms. The van der Waals surface area contributed by atoms with Gasteiger partial charge in [0.05, 0.1) is 22.8 Å². The van der Waals surface area contributed by atoms with Gasteiger partial charge >= 0.3 is 0 Å². The van der Waals surface area contributed by atoms with E-state index in [0.29, 0.717) is 17.6 Å². The van der Waals surface area contributed by atoms with Gasteiger partial charge in [-0.05, 0) is 77.2 Å². The number of rotatable bonds is 7. The van der Waals surface area contributed by atoms with E-state index in [1.165, 1.54) is 40.4 Å². The first-order valence-electron chi connectivity index (χ1n) is 13.3. The number of benzene rings is 1. The van der Waals surface area contributed by atoms with E-state index >= 15 is 0 Å². The number of likely N-dealkylation sites (N-methyl/N-ethyl adjacent to an activating group) is 1. The van der Waals surface area contributed by atoms with Crippen LogP contribution < -0.4 is 15.4 Å². The third-order valence-corrected chi connectivity index (χ3v) is 9.76. The minimum atomic E-state index is -3.63. The summed E-state index contributed by atoms with van der Waals surface area (Å²) >= 11 is 6.42. The molecule has 2 aliphatic heterocycles. The van der Waals surface area contributed by atoms with E-state index in [0.717, 1.165) is 30.9 Å². The second kappa shape index (κ2) is 10.6. The van der Waals surface area contributed by atoms with Crippen molar-refractivity contribution in [2.45, 2.75) is 69.3 Å². The predicted octanol–water partition coefficient (Wildman–Crippen LogP) is 4.97. The van der Waals surface area contributed by atoms with Crippen LogP contribution in [0.1, 0.15) is 56.2 Å². The number of halogens is 1. The highest BCUT2D eigenvalue weighted by molar-refractivity contribution is 7.92. The van der Waals surface area contributed by atoms with Crippen molar-refractivity contribution in [3.8, 4) is 5.75 Å². The van der Waals surface area contributed by atoms with Crippen LogP contribution in [0, 0.1) is 6.92 Å². The molecule has 210 valence electrons. The van der Waals surface area contributed by atoms with Gasteiger partial charge in [0, 0.05) is 31.8 Å². The largest absolute Gasteiger partial charge is 0.488 e. The van der Waals surface area contributed by atoms with Gasteiger partial charge in [0.15, 0.2) is 5.82 Å². The molecule has 39 heavy (non-hydrogen) atoms. The maximum absolute atomic E-state index is 12.9. The highest BCUT2D eigenvalue weighted by Gasteiger charge is 2.32. The van der Waals surface area contributed by atoms with Crippen LogP contribution in [0.3, 0.4) is 0 Å². The Morgan fingerprint density at radius 3 is 2.69 bits per heavy atom. The number of aryl methyl sites for hydroxylation is 2. The molecular formula is C27H36ClN7O3S. The lowest BCUT2D eigenvalue weighted by molar-refractivity contribution is 0.250. The Morgan fingerprint density at radius 2 is 1.97 bits per heavy atom. The van der Waals surface area contributed by atoms with Crippen LogP contribution >= 0.6 is 11.6 Å². The maximum Gasteiger partial charge on any atom is 0.229 e. The van der Waals surface area contributed by atoms with E-state index in [1.54, 1.807) is 27.1 Å². The first-order valence-corrected chi connectivity index (χ1v) is 15.2. The van der Waals surface area contributed by atoms with Crippen molar-refractivity contribution in [2.75, 3.05) is 30.8 Å². The zero-order valence-electron chi connectivity index (χ0n) is 23.2. The molecule has 2 atom stereocenters. The third kappa shape index (κ3) is 5.44. The molecule has 10 nitrogen and oxygen atoms in total. The van der Waals surface area contributed by atoms with Crippen molar-refractivity contribution >= 4 is 44.6 Å². The van der Waals surface area contributed by atoms with Gasteiger partial charge in [-0.2, -0.15) is 10.1 Å². The van der Waals surface area contributed by atoms with Crippen molar-refractivity contribution in [3.63, 3.8) is 0 Å². The van der Waals surface area contributed by atoms with E-state index in [2.05, 4.69) is 57.6 Å². The summed E-state index contributed by atoms with van der Waals surface area (Å²) in [7, 11) is 0.224. The monoisotopic (exact) mass is 573 g/mol. The van der Waals surface area contributed by atoms with Crippen molar-refractivity contribution in [1.82, 2.24) is 24.6 Å². The molecule has 0 bridgehead atoms. The summed E-state index contributed by atoms with van der Waals surface area (Å²) in [6.45, 7) is 9.68. The second-order valence-corrected chi connectivity index (χ2v) is 13.8. The highest BCUT2D eigenvalue weighted by atomic mass is 35.5. The number of ether oxygens (including phenoxy) is 1. The fourth-order valence-electron chi connectivity index (χ4n) is 5.56. The number of hydrogen-bond donors (Lipinski definition) is 2. The Morgan fingerprint density at radius 1 is 1.21 bits per heavy atom. The first kappa shape index (κ1) is 27.7. The highest BCUT2D eigenvalue weighted by Crippen LogP contribution is 2.45. The summed E-state index contributed by atoms with van der Waals surface area (Å²) in [6.07, 6.45) is 6.39. The SMILES string of the molecule is Cc1cc(Nc2ncc(Cl)c(Nc3cn(C)nc3S(=O)(=O)C(C)C)n2)c2c(c1C1CCCN(C)C1)C[C@@H](C)O2. The number of nitrogens with one attached hydrogen (secondary N) is 2. The Hall–Kier alpha value is -2.89. The second-order valence-electron chi connectivity index (χ2n) is 11.0. The van der Waals surface area contributed by atoms with Gasteiger partial charge < -0.3 is 20.3 Å².